The number of rotatable bonds is 3. The number of H-pyrrole nitrogens is 1. The molecule has 0 aromatic carbocycles. The zero-order valence-corrected chi connectivity index (χ0v) is 13.8. The minimum absolute atomic E-state index is 0.0657. The van der Waals surface area contributed by atoms with Crippen molar-refractivity contribution in [3.63, 3.8) is 0 Å². The van der Waals surface area contributed by atoms with Gasteiger partial charge in [0, 0.05) is 12.4 Å². The van der Waals surface area contributed by atoms with Crippen molar-refractivity contribution in [1.29, 1.82) is 0 Å². The molecule has 0 bridgehead atoms. The van der Waals surface area contributed by atoms with Gasteiger partial charge in [0.2, 0.25) is 0 Å². The fraction of sp³-hybridized carbons (Fsp3) is 0.143. The van der Waals surface area contributed by atoms with Gasteiger partial charge in [0.1, 0.15) is 4.64 Å². The first-order chi connectivity index (χ1) is 11.8. The number of fused-ring (bicyclic) bond motifs is 1. The standard InChI is InChI=1S/C14H9ClF3N5OS/c15-9-4-7(14(16,17)18)6-23-10(21-22-11(9)23)5-20-12(24)8-2-1-3-19-13(8)25/h1-4,6H,5H2,(H,19,25)(H,20,24). The summed E-state index contributed by atoms with van der Waals surface area (Å²) in [6.07, 6.45) is -2.16. The van der Waals surface area contributed by atoms with Crippen LogP contribution in [0.25, 0.3) is 5.65 Å². The smallest absolute Gasteiger partial charge is 0.352 e. The SMILES string of the molecule is O=C(NCc1nnc2c(Cl)cc(C(F)(F)F)cn12)c1ccc[nH]c1=S. The highest BCUT2D eigenvalue weighted by Crippen LogP contribution is 2.32. The topological polar surface area (TPSA) is 75.1 Å². The number of carbonyl (C=O) groups is 1. The first kappa shape index (κ1) is 17.4. The number of amides is 1. The number of hydrogen-bond acceptors (Lipinski definition) is 4. The van der Waals surface area contributed by atoms with E-state index in [9.17, 15) is 18.0 Å². The molecule has 1 amide bonds. The van der Waals surface area contributed by atoms with Gasteiger partial charge in [0.25, 0.3) is 5.91 Å². The molecule has 0 saturated carbocycles. The van der Waals surface area contributed by atoms with Crippen LogP contribution in [0.4, 0.5) is 13.2 Å². The largest absolute Gasteiger partial charge is 0.417 e. The Morgan fingerprint density at radius 1 is 1.40 bits per heavy atom. The first-order valence-corrected chi connectivity index (χ1v) is 7.62. The van der Waals surface area contributed by atoms with Crippen LogP contribution in [0.2, 0.25) is 5.02 Å². The van der Waals surface area contributed by atoms with E-state index in [1.54, 1.807) is 12.3 Å². The summed E-state index contributed by atoms with van der Waals surface area (Å²) in [4.78, 5) is 14.8. The Morgan fingerprint density at radius 2 is 2.16 bits per heavy atom. The second-order valence-electron chi connectivity index (χ2n) is 4.98. The molecule has 3 rings (SSSR count). The average Bonchev–Trinajstić information content (AvgIpc) is 2.96. The number of nitrogens with one attached hydrogen (secondary N) is 2. The molecule has 0 aliphatic rings. The fourth-order valence-corrected chi connectivity index (χ4v) is 2.61. The molecule has 25 heavy (non-hydrogen) atoms. The first-order valence-electron chi connectivity index (χ1n) is 6.83. The van der Waals surface area contributed by atoms with E-state index in [1.807, 2.05) is 0 Å². The van der Waals surface area contributed by atoms with Gasteiger partial charge in [-0.25, -0.2) is 0 Å². The molecule has 3 aromatic rings. The maximum atomic E-state index is 12.9. The van der Waals surface area contributed by atoms with Gasteiger partial charge in [-0.05, 0) is 18.2 Å². The Labute approximate surface area is 148 Å². The number of halogens is 4. The maximum Gasteiger partial charge on any atom is 0.417 e. The van der Waals surface area contributed by atoms with Crippen molar-refractivity contribution in [2.45, 2.75) is 12.7 Å². The van der Waals surface area contributed by atoms with Gasteiger partial charge in [0.05, 0.1) is 22.7 Å². The molecule has 3 heterocycles. The van der Waals surface area contributed by atoms with Crippen molar-refractivity contribution < 1.29 is 18.0 Å². The zero-order valence-electron chi connectivity index (χ0n) is 12.3. The fourth-order valence-electron chi connectivity index (χ4n) is 2.13. The molecule has 0 aliphatic heterocycles. The van der Waals surface area contributed by atoms with Crippen LogP contribution in [0.5, 0.6) is 0 Å². The van der Waals surface area contributed by atoms with Gasteiger partial charge in [-0.1, -0.05) is 23.8 Å². The quantitative estimate of drug-likeness (QED) is 0.675. The van der Waals surface area contributed by atoms with Crippen molar-refractivity contribution in [2.24, 2.45) is 0 Å². The van der Waals surface area contributed by atoms with Gasteiger partial charge in [-0.15, -0.1) is 10.2 Å². The van der Waals surface area contributed by atoms with Crippen LogP contribution in [-0.2, 0) is 12.7 Å². The molecule has 0 fully saturated rings. The van der Waals surface area contributed by atoms with Crippen LogP contribution >= 0.6 is 23.8 Å². The van der Waals surface area contributed by atoms with Crippen LogP contribution in [0.1, 0.15) is 21.7 Å². The average molecular weight is 388 g/mol. The maximum absolute atomic E-state index is 12.9. The molecule has 130 valence electrons. The summed E-state index contributed by atoms with van der Waals surface area (Å²) in [6, 6.07) is 3.90. The molecule has 2 N–H and O–H groups in total. The van der Waals surface area contributed by atoms with Gasteiger partial charge in [0.15, 0.2) is 11.5 Å². The van der Waals surface area contributed by atoms with E-state index in [1.165, 1.54) is 6.07 Å². The molecule has 0 saturated heterocycles. The number of pyridine rings is 2. The van der Waals surface area contributed by atoms with Crippen molar-refractivity contribution in [3.8, 4) is 0 Å². The molecule has 0 unspecified atom stereocenters. The summed E-state index contributed by atoms with van der Waals surface area (Å²) in [5.41, 5.74) is -0.640. The van der Waals surface area contributed by atoms with Gasteiger partial charge >= 0.3 is 6.18 Å². The monoisotopic (exact) mass is 387 g/mol. The van der Waals surface area contributed by atoms with Gasteiger partial charge in [-0.2, -0.15) is 13.2 Å². The van der Waals surface area contributed by atoms with Crippen LogP contribution in [0, 0.1) is 4.64 Å². The Kier molecular flexibility index (Phi) is 4.48. The van der Waals surface area contributed by atoms with E-state index in [0.717, 1.165) is 16.7 Å². The van der Waals surface area contributed by atoms with Crippen molar-refractivity contribution >= 4 is 35.4 Å². The second-order valence-corrected chi connectivity index (χ2v) is 5.80. The lowest BCUT2D eigenvalue weighted by Crippen LogP contribution is -2.24. The normalized spacial score (nSPS) is 11.7. The molecule has 3 aromatic heterocycles. The number of nitrogens with zero attached hydrogens (tertiary/aromatic N) is 3. The third-order valence-electron chi connectivity index (χ3n) is 3.33. The van der Waals surface area contributed by atoms with Gasteiger partial charge in [-0.3, -0.25) is 9.20 Å². The van der Waals surface area contributed by atoms with Crippen molar-refractivity contribution in [3.05, 3.63) is 57.2 Å². The highest BCUT2D eigenvalue weighted by Gasteiger charge is 2.32. The lowest BCUT2D eigenvalue weighted by atomic mass is 10.2. The van der Waals surface area contributed by atoms with E-state index in [4.69, 9.17) is 23.8 Å². The summed E-state index contributed by atoms with van der Waals surface area (Å²) >= 11 is 10.8. The van der Waals surface area contributed by atoms with E-state index >= 15 is 0 Å². The zero-order chi connectivity index (χ0) is 18.2. The Hall–Kier alpha value is -2.46. The molecule has 6 nitrogen and oxygen atoms in total. The summed E-state index contributed by atoms with van der Waals surface area (Å²) in [5, 5.41) is 9.87. The van der Waals surface area contributed by atoms with Crippen LogP contribution in [0.15, 0.2) is 30.6 Å². The van der Waals surface area contributed by atoms with E-state index in [0.29, 0.717) is 0 Å². The lowest BCUT2D eigenvalue weighted by Gasteiger charge is -2.09. The summed E-state index contributed by atoms with van der Waals surface area (Å²) in [6.45, 7) is -0.151. The van der Waals surface area contributed by atoms with E-state index in [-0.39, 0.29) is 33.2 Å². The van der Waals surface area contributed by atoms with E-state index < -0.39 is 17.6 Å². The Bertz CT molecular complexity index is 1010. The van der Waals surface area contributed by atoms with Crippen LogP contribution < -0.4 is 5.32 Å². The highest BCUT2D eigenvalue weighted by atomic mass is 35.5. The second kappa shape index (κ2) is 6.45. The predicted molar refractivity (Wildman–Crippen MR) is 85.8 cm³/mol. The summed E-state index contributed by atoms with van der Waals surface area (Å²) in [5.74, 6) is -0.390. The molecule has 0 radical (unpaired) electrons. The number of aromatic amines is 1. The minimum Gasteiger partial charge on any atom is -0.352 e. The lowest BCUT2D eigenvalue weighted by molar-refractivity contribution is -0.137. The van der Waals surface area contributed by atoms with E-state index in [2.05, 4.69) is 20.5 Å². The number of carbonyl (C=O) groups excluding carboxylic acids is 1. The summed E-state index contributed by atoms with van der Waals surface area (Å²) in [7, 11) is 0. The number of hydrogen-bond donors (Lipinski definition) is 2. The highest BCUT2D eigenvalue weighted by molar-refractivity contribution is 7.71. The number of aromatic nitrogens is 4. The Balaban J connectivity index is 1.89. The summed E-state index contributed by atoms with van der Waals surface area (Å²) < 4.78 is 40.1. The number of alkyl halides is 3. The molecular formula is C14H9ClF3N5OS. The molecule has 0 atom stereocenters. The third-order valence-corrected chi connectivity index (χ3v) is 3.94. The Morgan fingerprint density at radius 3 is 2.84 bits per heavy atom. The molecular weight excluding hydrogens is 379 g/mol. The van der Waals surface area contributed by atoms with Crippen molar-refractivity contribution in [1.82, 2.24) is 24.9 Å². The van der Waals surface area contributed by atoms with Gasteiger partial charge < -0.3 is 10.3 Å². The molecule has 0 aliphatic carbocycles. The van der Waals surface area contributed by atoms with Crippen LogP contribution in [0.3, 0.4) is 0 Å². The molecule has 11 heteroatoms. The third kappa shape index (κ3) is 3.49. The minimum atomic E-state index is -4.57. The van der Waals surface area contributed by atoms with Crippen molar-refractivity contribution in [2.75, 3.05) is 0 Å². The predicted octanol–water partition coefficient (Wildman–Crippen LogP) is 3.39. The molecule has 0 spiro atoms. The van der Waals surface area contributed by atoms with Crippen LogP contribution in [-0.4, -0.2) is 25.5 Å².